The molecule has 2 heteroatoms. The Bertz CT molecular complexity index is 194. The summed E-state index contributed by atoms with van der Waals surface area (Å²) in [6.45, 7) is 9.50. The average Bonchev–Trinajstić information content (AvgIpc) is 2.55. The highest BCUT2D eigenvalue weighted by Gasteiger charge is 2.17. The van der Waals surface area contributed by atoms with Crippen molar-refractivity contribution in [2.45, 2.75) is 71.8 Å². The maximum atomic E-state index is 5.61. The molecular weight excluding hydrogens is 222 g/mol. The Morgan fingerprint density at radius 3 is 2.72 bits per heavy atom. The van der Waals surface area contributed by atoms with E-state index in [1.165, 1.54) is 44.9 Å². The summed E-state index contributed by atoms with van der Waals surface area (Å²) in [5, 5.41) is 3.67. The molecule has 0 bridgehead atoms. The van der Waals surface area contributed by atoms with Crippen LogP contribution < -0.4 is 5.32 Å². The van der Waals surface area contributed by atoms with Gasteiger partial charge in [-0.05, 0) is 31.1 Å². The maximum absolute atomic E-state index is 5.61. The Kier molecular flexibility index (Phi) is 8.70. The molecule has 18 heavy (non-hydrogen) atoms. The van der Waals surface area contributed by atoms with Crippen LogP contribution in [-0.4, -0.2) is 25.8 Å². The van der Waals surface area contributed by atoms with E-state index < -0.39 is 0 Å². The molecule has 2 atom stereocenters. The first-order chi connectivity index (χ1) is 8.72. The highest BCUT2D eigenvalue weighted by molar-refractivity contribution is 4.74. The summed E-state index contributed by atoms with van der Waals surface area (Å²) in [6.07, 6.45) is 9.82. The van der Waals surface area contributed by atoms with Crippen molar-refractivity contribution in [3.8, 4) is 0 Å². The van der Waals surface area contributed by atoms with Crippen LogP contribution in [0.3, 0.4) is 0 Å². The molecule has 1 N–H and O–H groups in total. The molecule has 0 aromatic heterocycles. The molecule has 2 nitrogen and oxygen atoms in total. The van der Waals surface area contributed by atoms with Crippen molar-refractivity contribution in [1.82, 2.24) is 5.32 Å². The first-order valence-electron chi connectivity index (χ1n) is 8.03. The Hall–Kier alpha value is -0.0800. The van der Waals surface area contributed by atoms with Crippen molar-refractivity contribution in [2.24, 2.45) is 11.8 Å². The topological polar surface area (TPSA) is 21.3 Å². The van der Waals surface area contributed by atoms with Gasteiger partial charge in [-0.15, -0.1) is 0 Å². The zero-order chi connectivity index (χ0) is 13.2. The minimum Gasteiger partial charge on any atom is -0.380 e. The highest BCUT2D eigenvalue weighted by atomic mass is 16.5. The lowest BCUT2D eigenvalue weighted by Gasteiger charge is -2.17. The van der Waals surface area contributed by atoms with Gasteiger partial charge >= 0.3 is 0 Å². The largest absolute Gasteiger partial charge is 0.380 e. The van der Waals surface area contributed by atoms with E-state index in [0.717, 1.165) is 31.7 Å². The van der Waals surface area contributed by atoms with Gasteiger partial charge in [0.1, 0.15) is 0 Å². The number of nitrogens with one attached hydrogen (secondary N) is 1. The van der Waals surface area contributed by atoms with Gasteiger partial charge in [-0.3, -0.25) is 0 Å². The maximum Gasteiger partial charge on any atom is 0.0591 e. The second kappa shape index (κ2) is 9.80. The van der Waals surface area contributed by atoms with Gasteiger partial charge in [-0.2, -0.15) is 0 Å². The number of rotatable bonds is 8. The molecule has 1 saturated carbocycles. The second-order valence-corrected chi connectivity index (χ2v) is 6.28. The van der Waals surface area contributed by atoms with Gasteiger partial charge in [0.05, 0.1) is 6.61 Å². The summed E-state index contributed by atoms with van der Waals surface area (Å²) in [6, 6.07) is 0.745. The predicted octanol–water partition coefficient (Wildman–Crippen LogP) is 4.00. The van der Waals surface area contributed by atoms with Crippen LogP contribution in [0.4, 0.5) is 0 Å². The van der Waals surface area contributed by atoms with E-state index in [2.05, 4.69) is 26.1 Å². The van der Waals surface area contributed by atoms with Gasteiger partial charge in [0.2, 0.25) is 0 Å². The van der Waals surface area contributed by atoms with E-state index >= 15 is 0 Å². The SMILES string of the molecule is CCCC1CCCC(NCCOCC(C)C)CC1. The molecule has 0 spiro atoms. The van der Waals surface area contributed by atoms with E-state index in [4.69, 9.17) is 4.74 Å². The van der Waals surface area contributed by atoms with Gasteiger partial charge in [0, 0.05) is 19.2 Å². The van der Waals surface area contributed by atoms with Gasteiger partial charge in [0.25, 0.3) is 0 Å². The standard InChI is InChI=1S/C16H33NO/c1-4-6-15-7-5-8-16(10-9-15)17-11-12-18-13-14(2)3/h14-17H,4-13H2,1-3H3. The lowest BCUT2D eigenvalue weighted by atomic mass is 9.95. The molecule has 0 heterocycles. The number of hydrogen-bond acceptors (Lipinski definition) is 2. The molecule has 0 amide bonds. The number of ether oxygens (including phenoxy) is 1. The van der Waals surface area contributed by atoms with Crippen LogP contribution in [0, 0.1) is 11.8 Å². The van der Waals surface area contributed by atoms with Crippen LogP contribution in [0.1, 0.15) is 65.7 Å². The van der Waals surface area contributed by atoms with Crippen molar-refractivity contribution in [2.75, 3.05) is 19.8 Å². The van der Waals surface area contributed by atoms with Gasteiger partial charge in [-0.25, -0.2) is 0 Å². The molecular formula is C16H33NO. The molecule has 0 aliphatic heterocycles. The molecule has 0 aromatic rings. The lowest BCUT2D eigenvalue weighted by Crippen LogP contribution is -2.31. The summed E-state index contributed by atoms with van der Waals surface area (Å²) in [5.74, 6) is 1.65. The van der Waals surface area contributed by atoms with E-state index in [-0.39, 0.29) is 0 Å². The molecule has 1 aliphatic carbocycles. The smallest absolute Gasteiger partial charge is 0.0591 e. The molecule has 2 unspecified atom stereocenters. The van der Waals surface area contributed by atoms with E-state index in [1.807, 2.05) is 0 Å². The van der Waals surface area contributed by atoms with Crippen molar-refractivity contribution < 1.29 is 4.74 Å². The van der Waals surface area contributed by atoms with E-state index in [1.54, 1.807) is 0 Å². The van der Waals surface area contributed by atoms with Crippen molar-refractivity contribution in [1.29, 1.82) is 0 Å². The van der Waals surface area contributed by atoms with Crippen LogP contribution in [-0.2, 0) is 4.74 Å². The summed E-state index contributed by atoms with van der Waals surface area (Å²) in [5.41, 5.74) is 0. The molecule has 1 fully saturated rings. The monoisotopic (exact) mass is 255 g/mol. The third-order valence-corrected chi connectivity index (χ3v) is 3.92. The fourth-order valence-electron chi connectivity index (χ4n) is 2.93. The third-order valence-electron chi connectivity index (χ3n) is 3.92. The minimum absolute atomic E-state index is 0.651. The Labute approximate surface area is 114 Å². The quantitative estimate of drug-likeness (QED) is 0.523. The lowest BCUT2D eigenvalue weighted by molar-refractivity contribution is 0.109. The van der Waals surface area contributed by atoms with Crippen LogP contribution in [0.5, 0.6) is 0 Å². The molecule has 1 aliphatic rings. The zero-order valence-corrected chi connectivity index (χ0v) is 12.7. The normalized spacial score (nSPS) is 25.3. The highest BCUT2D eigenvalue weighted by Crippen LogP contribution is 2.26. The summed E-state index contributed by atoms with van der Waals surface area (Å²) in [4.78, 5) is 0. The Balaban J connectivity index is 2.04. The molecule has 108 valence electrons. The minimum atomic E-state index is 0.651. The first-order valence-corrected chi connectivity index (χ1v) is 8.03. The van der Waals surface area contributed by atoms with Crippen molar-refractivity contribution in [3.05, 3.63) is 0 Å². The second-order valence-electron chi connectivity index (χ2n) is 6.28. The Morgan fingerprint density at radius 1 is 1.17 bits per heavy atom. The fraction of sp³-hybridized carbons (Fsp3) is 1.00. The third kappa shape index (κ3) is 7.38. The number of hydrogen-bond donors (Lipinski definition) is 1. The summed E-state index contributed by atoms with van der Waals surface area (Å²) in [7, 11) is 0. The molecule has 0 radical (unpaired) electrons. The Morgan fingerprint density at radius 2 is 2.00 bits per heavy atom. The van der Waals surface area contributed by atoms with E-state index in [0.29, 0.717) is 5.92 Å². The van der Waals surface area contributed by atoms with Crippen molar-refractivity contribution >= 4 is 0 Å². The predicted molar refractivity (Wildman–Crippen MR) is 78.9 cm³/mol. The fourth-order valence-corrected chi connectivity index (χ4v) is 2.93. The average molecular weight is 255 g/mol. The molecule has 0 aromatic carbocycles. The van der Waals surface area contributed by atoms with E-state index in [9.17, 15) is 0 Å². The van der Waals surface area contributed by atoms with Gasteiger partial charge < -0.3 is 10.1 Å². The first kappa shape index (κ1) is 16.0. The molecule has 0 saturated heterocycles. The summed E-state index contributed by atoms with van der Waals surface area (Å²) >= 11 is 0. The molecule has 1 rings (SSSR count). The van der Waals surface area contributed by atoms with Crippen LogP contribution >= 0.6 is 0 Å². The van der Waals surface area contributed by atoms with Crippen molar-refractivity contribution in [3.63, 3.8) is 0 Å². The summed E-state index contributed by atoms with van der Waals surface area (Å²) < 4.78 is 5.61. The van der Waals surface area contributed by atoms with Crippen LogP contribution in [0.2, 0.25) is 0 Å². The van der Waals surface area contributed by atoms with Crippen LogP contribution in [0.25, 0.3) is 0 Å². The zero-order valence-electron chi connectivity index (χ0n) is 12.7. The van der Waals surface area contributed by atoms with Crippen LogP contribution in [0.15, 0.2) is 0 Å². The van der Waals surface area contributed by atoms with Gasteiger partial charge in [-0.1, -0.05) is 46.5 Å². The van der Waals surface area contributed by atoms with Gasteiger partial charge in [0.15, 0.2) is 0 Å².